The maximum atomic E-state index is 11.1. The van der Waals surface area contributed by atoms with Crippen LogP contribution in [0.4, 0.5) is 0 Å². The molecule has 94 valence electrons. The Morgan fingerprint density at radius 1 is 1.47 bits per heavy atom. The van der Waals surface area contributed by atoms with Crippen molar-refractivity contribution in [3.63, 3.8) is 0 Å². The molecule has 0 aliphatic heterocycles. The number of hydrogen-bond donors (Lipinski definition) is 1. The molecule has 1 aromatic rings. The minimum absolute atomic E-state index is 0.442. The number of hydrogen-bond acceptors (Lipinski definition) is 2. The summed E-state index contributed by atoms with van der Waals surface area (Å²) in [5.74, 6) is -0.204. The molecular weight excluding hydrogens is 240 g/mol. The first-order valence-corrected chi connectivity index (χ1v) is 5.72. The second kappa shape index (κ2) is 4.96. The van der Waals surface area contributed by atoms with Crippen molar-refractivity contribution in [1.29, 1.82) is 0 Å². The van der Waals surface area contributed by atoms with E-state index in [9.17, 15) is 4.79 Å². The van der Waals surface area contributed by atoms with Gasteiger partial charge in [-0.3, -0.25) is 4.79 Å². The van der Waals surface area contributed by atoms with E-state index in [4.69, 9.17) is 21.4 Å². The van der Waals surface area contributed by atoms with Crippen LogP contribution in [0.2, 0.25) is 5.02 Å². The minimum atomic E-state index is -0.816. The third kappa shape index (κ3) is 3.13. The van der Waals surface area contributed by atoms with E-state index in [2.05, 4.69) is 0 Å². The normalized spacial score (nSPS) is 11.4. The van der Waals surface area contributed by atoms with Gasteiger partial charge in [-0.1, -0.05) is 11.6 Å². The SMILES string of the molecule is COc1cc(C)c(CC(C)(C)C(=O)O)cc1Cl. The molecular formula is C13H17ClO3. The van der Waals surface area contributed by atoms with Crippen LogP contribution >= 0.6 is 11.6 Å². The molecule has 4 heteroatoms. The molecule has 3 nitrogen and oxygen atoms in total. The van der Waals surface area contributed by atoms with Crippen molar-refractivity contribution in [3.8, 4) is 5.75 Å². The summed E-state index contributed by atoms with van der Waals surface area (Å²) in [6.07, 6.45) is 0.442. The highest BCUT2D eigenvalue weighted by atomic mass is 35.5. The number of methoxy groups -OCH3 is 1. The number of rotatable bonds is 4. The molecule has 0 unspecified atom stereocenters. The molecule has 0 heterocycles. The fourth-order valence-electron chi connectivity index (χ4n) is 1.59. The fourth-order valence-corrected chi connectivity index (χ4v) is 1.86. The zero-order chi connectivity index (χ0) is 13.2. The van der Waals surface area contributed by atoms with Crippen molar-refractivity contribution >= 4 is 17.6 Å². The van der Waals surface area contributed by atoms with Gasteiger partial charge in [0.05, 0.1) is 17.5 Å². The monoisotopic (exact) mass is 256 g/mol. The van der Waals surface area contributed by atoms with E-state index < -0.39 is 11.4 Å². The van der Waals surface area contributed by atoms with Crippen molar-refractivity contribution in [2.45, 2.75) is 27.2 Å². The molecule has 0 bridgehead atoms. The van der Waals surface area contributed by atoms with Gasteiger partial charge in [0, 0.05) is 0 Å². The number of carboxylic acids is 1. The molecule has 0 aliphatic carbocycles. The maximum absolute atomic E-state index is 11.1. The Kier molecular flexibility index (Phi) is 4.04. The number of benzene rings is 1. The van der Waals surface area contributed by atoms with E-state index in [1.54, 1.807) is 27.0 Å². The third-order valence-electron chi connectivity index (χ3n) is 2.82. The van der Waals surface area contributed by atoms with Crippen LogP contribution in [0.25, 0.3) is 0 Å². The molecule has 0 aliphatic rings. The van der Waals surface area contributed by atoms with Crippen LogP contribution in [-0.2, 0) is 11.2 Å². The zero-order valence-corrected chi connectivity index (χ0v) is 11.3. The molecule has 0 fully saturated rings. The van der Waals surface area contributed by atoms with Gasteiger partial charge in [0.1, 0.15) is 5.75 Å². The van der Waals surface area contributed by atoms with E-state index >= 15 is 0 Å². The summed E-state index contributed by atoms with van der Waals surface area (Å²) in [6, 6.07) is 3.61. The molecule has 0 radical (unpaired) electrons. The number of halogens is 1. The highest BCUT2D eigenvalue weighted by Gasteiger charge is 2.28. The van der Waals surface area contributed by atoms with E-state index in [0.29, 0.717) is 17.2 Å². The summed E-state index contributed by atoms with van der Waals surface area (Å²) in [7, 11) is 1.56. The lowest BCUT2D eigenvalue weighted by atomic mass is 9.84. The Hall–Kier alpha value is -1.22. The summed E-state index contributed by atoms with van der Waals surface area (Å²) in [4.78, 5) is 11.1. The van der Waals surface area contributed by atoms with E-state index in [1.807, 2.05) is 13.0 Å². The van der Waals surface area contributed by atoms with Crippen molar-refractivity contribution in [2.24, 2.45) is 5.41 Å². The van der Waals surface area contributed by atoms with Crippen LogP contribution in [0.15, 0.2) is 12.1 Å². The van der Waals surface area contributed by atoms with Crippen molar-refractivity contribution < 1.29 is 14.6 Å². The summed E-state index contributed by atoms with van der Waals surface area (Å²) in [6.45, 7) is 5.33. The Balaban J connectivity index is 3.08. The average molecular weight is 257 g/mol. The molecule has 0 saturated heterocycles. The summed E-state index contributed by atoms with van der Waals surface area (Å²) in [5, 5.41) is 9.61. The lowest BCUT2D eigenvalue weighted by Crippen LogP contribution is -2.26. The molecule has 17 heavy (non-hydrogen) atoms. The van der Waals surface area contributed by atoms with Gasteiger partial charge in [-0.2, -0.15) is 0 Å². The predicted molar refractivity (Wildman–Crippen MR) is 67.9 cm³/mol. The molecule has 0 spiro atoms. The van der Waals surface area contributed by atoms with Crippen LogP contribution in [0.1, 0.15) is 25.0 Å². The van der Waals surface area contributed by atoms with Crippen molar-refractivity contribution in [2.75, 3.05) is 7.11 Å². The van der Waals surface area contributed by atoms with E-state index in [0.717, 1.165) is 11.1 Å². The highest BCUT2D eigenvalue weighted by Crippen LogP contribution is 2.31. The van der Waals surface area contributed by atoms with Gasteiger partial charge in [0.25, 0.3) is 0 Å². The molecule has 0 aromatic heterocycles. The van der Waals surface area contributed by atoms with Gasteiger partial charge >= 0.3 is 5.97 Å². The van der Waals surface area contributed by atoms with Gasteiger partial charge in [-0.15, -0.1) is 0 Å². The van der Waals surface area contributed by atoms with Crippen LogP contribution in [0.5, 0.6) is 5.75 Å². The maximum Gasteiger partial charge on any atom is 0.309 e. The van der Waals surface area contributed by atoms with Crippen LogP contribution < -0.4 is 4.74 Å². The first-order chi connectivity index (χ1) is 7.77. The Bertz CT molecular complexity index is 439. The van der Waals surface area contributed by atoms with Gasteiger partial charge in [0.2, 0.25) is 0 Å². The van der Waals surface area contributed by atoms with Crippen molar-refractivity contribution in [3.05, 3.63) is 28.3 Å². The lowest BCUT2D eigenvalue weighted by molar-refractivity contribution is -0.146. The number of aliphatic carboxylic acids is 1. The average Bonchev–Trinajstić information content (AvgIpc) is 2.22. The standard InChI is InChI=1S/C13H17ClO3/c1-8-5-11(17-4)10(14)6-9(8)7-13(2,3)12(15)16/h5-6H,7H2,1-4H3,(H,15,16). The quantitative estimate of drug-likeness (QED) is 0.899. The molecule has 1 aromatic carbocycles. The fraction of sp³-hybridized carbons (Fsp3) is 0.462. The van der Waals surface area contributed by atoms with E-state index in [-0.39, 0.29) is 0 Å². The number of aryl methyl sites for hydroxylation is 1. The van der Waals surface area contributed by atoms with Crippen LogP contribution in [-0.4, -0.2) is 18.2 Å². The number of ether oxygens (including phenoxy) is 1. The zero-order valence-electron chi connectivity index (χ0n) is 10.5. The van der Waals surface area contributed by atoms with Gasteiger partial charge < -0.3 is 9.84 Å². The molecule has 0 saturated carbocycles. The molecule has 0 amide bonds. The van der Waals surface area contributed by atoms with Gasteiger partial charge in [-0.25, -0.2) is 0 Å². The minimum Gasteiger partial charge on any atom is -0.495 e. The van der Waals surface area contributed by atoms with Gasteiger partial charge in [0.15, 0.2) is 0 Å². The van der Waals surface area contributed by atoms with Crippen LogP contribution in [0.3, 0.4) is 0 Å². The molecule has 1 N–H and O–H groups in total. The smallest absolute Gasteiger partial charge is 0.309 e. The highest BCUT2D eigenvalue weighted by molar-refractivity contribution is 6.32. The molecule has 1 rings (SSSR count). The predicted octanol–water partition coefficient (Wildman–Crippen LogP) is 3.31. The second-order valence-electron chi connectivity index (χ2n) is 4.78. The Labute approximate surface area is 106 Å². The van der Waals surface area contributed by atoms with Gasteiger partial charge in [-0.05, 0) is 50.5 Å². The number of carboxylic acid groups (broad SMARTS) is 1. The summed E-state index contributed by atoms with van der Waals surface area (Å²) >= 11 is 6.04. The summed E-state index contributed by atoms with van der Waals surface area (Å²) in [5.41, 5.74) is 1.12. The molecule has 0 atom stereocenters. The van der Waals surface area contributed by atoms with E-state index in [1.165, 1.54) is 0 Å². The topological polar surface area (TPSA) is 46.5 Å². The first kappa shape index (κ1) is 13.8. The number of carbonyl (C=O) groups is 1. The van der Waals surface area contributed by atoms with Crippen LogP contribution in [0, 0.1) is 12.3 Å². The summed E-state index contributed by atoms with van der Waals surface area (Å²) < 4.78 is 5.11. The lowest BCUT2D eigenvalue weighted by Gasteiger charge is -2.21. The van der Waals surface area contributed by atoms with Crippen molar-refractivity contribution in [1.82, 2.24) is 0 Å². The first-order valence-electron chi connectivity index (χ1n) is 5.34. The third-order valence-corrected chi connectivity index (χ3v) is 3.12. The Morgan fingerprint density at radius 3 is 2.53 bits per heavy atom. The Morgan fingerprint density at radius 2 is 2.06 bits per heavy atom. The largest absolute Gasteiger partial charge is 0.495 e. The second-order valence-corrected chi connectivity index (χ2v) is 5.19.